The van der Waals surface area contributed by atoms with Crippen molar-refractivity contribution in [2.24, 2.45) is 0 Å². The Morgan fingerprint density at radius 3 is 2.62 bits per heavy atom. The van der Waals surface area contributed by atoms with Gasteiger partial charge in [0.2, 0.25) is 10.0 Å². The third-order valence-corrected chi connectivity index (χ3v) is 7.95. The fourth-order valence-corrected chi connectivity index (χ4v) is 5.55. The molecule has 1 aromatic heterocycles. The van der Waals surface area contributed by atoms with E-state index >= 15 is 0 Å². The zero-order valence-corrected chi connectivity index (χ0v) is 20.0. The number of rotatable bonds is 6. The Balaban J connectivity index is 1.33. The number of hydrogen-bond donors (Lipinski definition) is 2. The average Bonchev–Trinajstić information content (AvgIpc) is 3.25. The van der Waals surface area contributed by atoms with Gasteiger partial charge >= 0.3 is 0 Å². The summed E-state index contributed by atoms with van der Waals surface area (Å²) in [7, 11) is -3.49. The van der Waals surface area contributed by atoms with Crippen molar-refractivity contribution >= 4 is 44.4 Å². The third kappa shape index (κ3) is 5.51. The van der Waals surface area contributed by atoms with Crippen LogP contribution in [0.4, 0.5) is 5.69 Å². The topological polar surface area (TPSA) is 83.6 Å². The molecule has 2 heterocycles. The van der Waals surface area contributed by atoms with E-state index in [1.807, 2.05) is 36.6 Å². The van der Waals surface area contributed by atoms with Gasteiger partial charge in [-0.1, -0.05) is 24.3 Å². The highest BCUT2D eigenvalue weighted by Gasteiger charge is 2.26. The summed E-state index contributed by atoms with van der Waals surface area (Å²) in [5, 5.41) is 9.90. The lowest BCUT2D eigenvalue weighted by Crippen LogP contribution is -2.40. The first-order valence-electron chi connectivity index (χ1n) is 10.2. The SMILES string of the molecule is Cc1nc(-c2cccc(NC(=S)NCc3ccc(S(=O)(=O)N4CCOCC4)cc3)c2)cs1. The van der Waals surface area contributed by atoms with Crippen molar-refractivity contribution in [3.63, 3.8) is 0 Å². The lowest BCUT2D eigenvalue weighted by molar-refractivity contribution is 0.0730. The van der Waals surface area contributed by atoms with Gasteiger partial charge in [0.25, 0.3) is 0 Å². The molecule has 3 aromatic rings. The number of aryl methyl sites for hydroxylation is 1. The molecule has 1 fully saturated rings. The van der Waals surface area contributed by atoms with E-state index in [9.17, 15) is 8.42 Å². The van der Waals surface area contributed by atoms with Crippen LogP contribution in [0.5, 0.6) is 0 Å². The maximum Gasteiger partial charge on any atom is 0.243 e. The van der Waals surface area contributed by atoms with Crippen LogP contribution in [-0.4, -0.2) is 49.1 Å². The number of nitrogens with zero attached hydrogens (tertiary/aromatic N) is 2. The zero-order chi connectivity index (χ0) is 22.6. The number of anilines is 1. The summed E-state index contributed by atoms with van der Waals surface area (Å²) in [4.78, 5) is 4.81. The minimum absolute atomic E-state index is 0.290. The molecular weight excluding hydrogens is 464 g/mol. The molecule has 0 radical (unpaired) electrons. The molecule has 0 saturated carbocycles. The Morgan fingerprint density at radius 1 is 1.19 bits per heavy atom. The van der Waals surface area contributed by atoms with E-state index in [0.717, 1.165) is 27.5 Å². The molecule has 10 heteroatoms. The molecule has 0 amide bonds. The van der Waals surface area contributed by atoms with E-state index in [1.54, 1.807) is 35.6 Å². The van der Waals surface area contributed by atoms with Crippen LogP contribution in [0.2, 0.25) is 0 Å². The van der Waals surface area contributed by atoms with Gasteiger partial charge in [-0.15, -0.1) is 11.3 Å². The van der Waals surface area contributed by atoms with Crippen LogP contribution in [0.25, 0.3) is 11.3 Å². The first kappa shape index (κ1) is 22.8. The maximum atomic E-state index is 12.7. The molecule has 1 aliphatic rings. The van der Waals surface area contributed by atoms with E-state index in [4.69, 9.17) is 17.0 Å². The summed E-state index contributed by atoms with van der Waals surface area (Å²) >= 11 is 7.04. The Hall–Kier alpha value is -2.37. The van der Waals surface area contributed by atoms with Gasteiger partial charge in [-0.05, 0) is 49.0 Å². The molecule has 1 aliphatic heterocycles. The van der Waals surface area contributed by atoms with Crippen LogP contribution in [0.15, 0.2) is 58.8 Å². The van der Waals surface area contributed by atoms with Gasteiger partial charge in [0, 0.05) is 36.3 Å². The molecule has 4 rings (SSSR count). The summed E-state index contributed by atoms with van der Waals surface area (Å²) < 4.78 is 32.1. The van der Waals surface area contributed by atoms with Crippen molar-refractivity contribution < 1.29 is 13.2 Å². The number of nitrogens with one attached hydrogen (secondary N) is 2. The number of benzene rings is 2. The monoisotopic (exact) mass is 488 g/mol. The molecule has 2 N–H and O–H groups in total. The van der Waals surface area contributed by atoms with E-state index in [-0.39, 0.29) is 4.90 Å². The molecule has 2 aromatic carbocycles. The van der Waals surface area contributed by atoms with Crippen LogP contribution < -0.4 is 10.6 Å². The van der Waals surface area contributed by atoms with Gasteiger partial charge in [-0.25, -0.2) is 13.4 Å². The summed E-state index contributed by atoms with van der Waals surface area (Å²) in [6, 6.07) is 14.8. The first-order chi connectivity index (χ1) is 15.4. The van der Waals surface area contributed by atoms with Crippen molar-refractivity contribution in [1.82, 2.24) is 14.6 Å². The van der Waals surface area contributed by atoms with E-state index in [2.05, 4.69) is 15.6 Å². The number of ether oxygens (including phenoxy) is 1. The molecule has 0 aliphatic carbocycles. The van der Waals surface area contributed by atoms with Crippen molar-refractivity contribution in [2.75, 3.05) is 31.6 Å². The van der Waals surface area contributed by atoms with Crippen LogP contribution in [0.3, 0.4) is 0 Å². The van der Waals surface area contributed by atoms with Crippen molar-refractivity contribution in [1.29, 1.82) is 0 Å². The molecule has 1 saturated heterocycles. The molecule has 0 atom stereocenters. The van der Waals surface area contributed by atoms with E-state index in [1.165, 1.54) is 4.31 Å². The zero-order valence-electron chi connectivity index (χ0n) is 17.6. The van der Waals surface area contributed by atoms with Crippen LogP contribution >= 0.6 is 23.6 Å². The molecule has 0 bridgehead atoms. The molecule has 0 unspecified atom stereocenters. The van der Waals surface area contributed by atoms with Gasteiger partial charge in [0.1, 0.15) is 0 Å². The quantitative estimate of drug-likeness (QED) is 0.513. The number of thiocarbonyl (C=S) groups is 1. The standard InChI is InChI=1S/C22H24N4O3S3/c1-16-24-21(15-31-16)18-3-2-4-19(13-18)25-22(30)23-14-17-5-7-20(8-6-17)32(27,28)26-9-11-29-12-10-26/h2-8,13,15H,9-12,14H2,1H3,(H2,23,25,30). The van der Waals surface area contributed by atoms with Crippen LogP contribution in [0.1, 0.15) is 10.6 Å². The Bertz CT molecular complexity index is 1190. The number of sulfonamides is 1. The van der Waals surface area contributed by atoms with E-state index < -0.39 is 10.0 Å². The summed E-state index contributed by atoms with van der Waals surface area (Å²) in [6.07, 6.45) is 0. The number of hydrogen-bond acceptors (Lipinski definition) is 6. The summed E-state index contributed by atoms with van der Waals surface area (Å²) in [5.74, 6) is 0. The second-order valence-corrected chi connectivity index (χ2v) is 10.7. The molecule has 0 spiro atoms. The second kappa shape index (κ2) is 10.1. The maximum absolute atomic E-state index is 12.7. The van der Waals surface area contributed by atoms with Crippen molar-refractivity contribution in [3.05, 3.63) is 64.5 Å². The predicted octanol–water partition coefficient (Wildman–Crippen LogP) is 3.63. The van der Waals surface area contributed by atoms with Gasteiger partial charge in [0.05, 0.1) is 28.8 Å². The minimum atomic E-state index is -3.49. The number of thiazole rings is 1. The second-order valence-electron chi connectivity index (χ2n) is 7.30. The highest BCUT2D eigenvalue weighted by molar-refractivity contribution is 7.89. The van der Waals surface area contributed by atoms with Crippen LogP contribution in [0, 0.1) is 6.92 Å². The lowest BCUT2D eigenvalue weighted by atomic mass is 10.1. The Kier molecular flexibility index (Phi) is 7.17. The fraction of sp³-hybridized carbons (Fsp3) is 0.273. The summed E-state index contributed by atoms with van der Waals surface area (Å²) in [6.45, 7) is 4.09. The largest absolute Gasteiger partial charge is 0.379 e. The van der Waals surface area contributed by atoms with Gasteiger partial charge in [0.15, 0.2) is 5.11 Å². The minimum Gasteiger partial charge on any atom is -0.379 e. The Morgan fingerprint density at radius 2 is 1.94 bits per heavy atom. The normalized spacial score (nSPS) is 14.8. The number of aromatic nitrogens is 1. The molecule has 7 nitrogen and oxygen atoms in total. The van der Waals surface area contributed by atoms with Crippen molar-refractivity contribution in [2.45, 2.75) is 18.4 Å². The molecule has 168 valence electrons. The lowest BCUT2D eigenvalue weighted by Gasteiger charge is -2.26. The van der Waals surface area contributed by atoms with Crippen molar-refractivity contribution in [3.8, 4) is 11.3 Å². The first-order valence-corrected chi connectivity index (χ1v) is 12.9. The average molecular weight is 489 g/mol. The van der Waals surface area contributed by atoms with Gasteiger partial charge < -0.3 is 15.4 Å². The predicted molar refractivity (Wildman–Crippen MR) is 131 cm³/mol. The highest BCUT2D eigenvalue weighted by Crippen LogP contribution is 2.24. The fourth-order valence-electron chi connectivity index (χ4n) is 3.33. The summed E-state index contributed by atoms with van der Waals surface area (Å²) in [5.41, 5.74) is 3.78. The van der Waals surface area contributed by atoms with Gasteiger partial charge in [-0.2, -0.15) is 4.31 Å². The third-order valence-electron chi connectivity index (χ3n) is 5.02. The molecule has 32 heavy (non-hydrogen) atoms. The highest BCUT2D eigenvalue weighted by atomic mass is 32.2. The Labute approximate surface area is 197 Å². The van der Waals surface area contributed by atoms with E-state index in [0.29, 0.717) is 38.0 Å². The smallest absolute Gasteiger partial charge is 0.243 e. The van der Waals surface area contributed by atoms with Crippen LogP contribution in [-0.2, 0) is 21.3 Å². The molecular formula is C22H24N4O3S3. The number of morpholine rings is 1. The van der Waals surface area contributed by atoms with Gasteiger partial charge in [-0.3, -0.25) is 0 Å².